The highest BCUT2D eigenvalue weighted by Crippen LogP contribution is 2.30. The number of hydrogen-bond acceptors (Lipinski definition) is 5. The molecule has 0 radical (unpaired) electrons. The zero-order valence-corrected chi connectivity index (χ0v) is 16.9. The van der Waals surface area contributed by atoms with E-state index in [-0.39, 0.29) is 30.0 Å². The molecule has 0 aliphatic carbocycles. The van der Waals surface area contributed by atoms with Crippen LogP contribution in [0.15, 0.2) is 58.5 Å². The Hall–Kier alpha value is -2.93. The van der Waals surface area contributed by atoms with Gasteiger partial charge in [0.05, 0.1) is 24.4 Å². The first-order valence-electron chi connectivity index (χ1n) is 9.84. The maximum atomic E-state index is 13.1. The number of rotatable bonds is 5. The fourth-order valence-corrected chi connectivity index (χ4v) is 4.40. The van der Waals surface area contributed by atoms with Crippen LogP contribution in [0.4, 0.5) is 5.13 Å². The predicted molar refractivity (Wildman–Crippen MR) is 112 cm³/mol. The Labute approximate surface area is 173 Å². The van der Waals surface area contributed by atoms with Gasteiger partial charge < -0.3 is 9.32 Å². The Morgan fingerprint density at radius 1 is 1.14 bits per heavy atom. The van der Waals surface area contributed by atoms with E-state index in [4.69, 9.17) is 4.42 Å². The smallest absolute Gasteiger partial charge is 0.293 e. The minimum absolute atomic E-state index is 0.0787. The molecule has 29 heavy (non-hydrogen) atoms. The topological polar surface area (TPSA) is 75.4 Å². The van der Waals surface area contributed by atoms with E-state index in [9.17, 15) is 9.59 Å². The van der Waals surface area contributed by atoms with E-state index >= 15 is 0 Å². The molecule has 4 rings (SSSR count). The highest BCUT2D eigenvalue weighted by Gasteiger charge is 2.27. The van der Waals surface area contributed by atoms with Crippen molar-refractivity contribution >= 4 is 28.3 Å². The monoisotopic (exact) mass is 409 g/mol. The highest BCUT2D eigenvalue weighted by molar-refractivity contribution is 7.14. The van der Waals surface area contributed by atoms with Crippen LogP contribution in [0.3, 0.4) is 0 Å². The van der Waals surface area contributed by atoms with Crippen molar-refractivity contribution in [3.8, 4) is 0 Å². The van der Waals surface area contributed by atoms with Gasteiger partial charge >= 0.3 is 0 Å². The molecule has 150 valence electrons. The minimum Gasteiger partial charge on any atom is -0.459 e. The summed E-state index contributed by atoms with van der Waals surface area (Å²) in [4.78, 5) is 31.6. The van der Waals surface area contributed by atoms with E-state index in [1.165, 1.54) is 23.2 Å². The van der Waals surface area contributed by atoms with E-state index in [0.717, 1.165) is 32.2 Å². The number of nitrogens with zero attached hydrogens (tertiary/aromatic N) is 2. The summed E-state index contributed by atoms with van der Waals surface area (Å²) < 4.78 is 5.09. The van der Waals surface area contributed by atoms with Crippen LogP contribution in [0.1, 0.15) is 53.5 Å². The van der Waals surface area contributed by atoms with Gasteiger partial charge in [-0.3, -0.25) is 14.9 Å². The molecule has 1 aliphatic rings. The molecule has 1 saturated heterocycles. The van der Waals surface area contributed by atoms with Crippen LogP contribution in [0.25, 0.3) is 0 Å². The second-order valence-corrected chi connectivity index (χ2v) is 7.97. The maximum Gasteiger partial charge on any atom is 0.293 e. The number of likely N-dealkylation sites (tertiary alicyclic amines) is 1. The Morgan fingerprint density at radius 3 is 2.79 bits per heavy atom. The number of nitrogens with one attached hydrogen (secondary N) is 1. The van der Waals surface area contributed by atoms with Gasteiger partial charge in [0.15, 0.2) is 10.9 Å². The van der Waals surface area contributed by atoms with Gasteiger partial charge in [-0.15, -0.1) is 11.3 Å². The van der Waals surface area contributed by atoms with Crippen molar-refractivity contribution in [2.75, 3.05) is 11.9 Å². The molecule has 1 unspecified atom stereocenters. The standard InChI is InChI=1S/C22H23N3O3S/c26-20(25-12-6-2-5-10-18(25)16-8-3-1-4-9-16)14-17-15-29-22(23-17)24-21(27)19-11-7-13-28-19/h1,3-4,7-9,11,13,15,18H,2,5-6,10,12,14H2,(H,23,24,27). The van der Waals surface area contributed by atoms with Gasteiger partial charge in [-0.25, -0.2) is 4.98 Å². The maximum absolute atomic E-state index is 13.1. The molecule has 0 spiro atoms. The van der Waals surface area contributed by atoms with Crippen molar-refractivity contribution < 1.29 is 14.0 Å². The molecule has 3 aromatic rings. The number of furan rings is 1. The lowest BCUT2D eigenvalue weighted by atomic mass is 10.0. The molecule has 1 aliphatic heterocycles. The number of benzene rings is 1. The van der Waals surface area contributed by atoms with Gasteiger partial charge in [0, 0.05) is 11.9 Å². The molecule has 1 aromatic carbocycles. The largest absolute Gasteiger partial charge is 0.459 e. The minimum atomic E-state index is -0.348. The summed E-state index contributed by atoms with van der Waals surface area (Å²) in [6.07, 6.45) is 5.96. The second kappa shape index (κ2) is 9.05. The average Bonchev–Trinajstić information content (AvgIpc) is 3.36. The fraction of sp³-hybridized carbons (Fsp3) is 0.318. The number of carbonyl (C=O) groups excluding carboxylic acids is 2. The van der Waals surface area contributed by atoms with Gasteiger partial charge in [0.25, 0.3) is 5.91 Å². The third-order valence-electron chi connectivity index (χ3n) is 5.11. The van der Waals surface area contributed by atoms with Crippen LogP contribution in [-0.4, -0.2) is 28.2 Å². The van der Waals surface area contributed by atoms with Gasteiger partial charge in [-0.2, -0.15) is 0 Å². The lowest BCUT2D eigenvalue weighted by molar-refractivity contribution is -0.133. The summed E-state index contributed by atoms with van der Waals surface area (Å²) in [7, 11) is 0. The first kappa shape index (κ1) is 19.4. The Kier molecular flexibility index (Phi) is 6.05. The van der Waals surface area contributed by atoms with Crippen LogP contribution in [0.2, 0.25) is 0 Å². The van der Waals surface area contributed by atoms with Gasteiger partial charge in [-0.05, 0) is 30.5 Å². The predicted octanol–water partition coefficient (Wildman–Crippen LogP) is 4.67. The number of anilines is 1. The average molecular weight is 410 g/mol. The normalized spacial score (nSPS) is 17.0. The summed E-state index contributed by atoms with van der Waals surface area (Å²) in [5.41, 5.74) is 1.86. The first-order valence-corrected chi connectivity index (χ1v) is 10.7. The van der Waals surface area contributed by atoms with Gasteiger partial charge in [-0.1, -0.05) is 43.2 Å². The molecule has 7 heteroatoms. The molecule has 0 saturated carbocycles. The molecule has 1 N–H and O–H groups in total. The van der Waals surface area contributed by atoms with Crippen LogP contribution in [-0.2, 0) is 11.2 Å². The van der Waals surface area contributed by atoms with Crippen LogP contribution >= 0.6 is 11.3 Å². The SMILES string of the molecule is O=C(Nc1nc(CC(=O)N2CCCCCC2c2ccccc2)cs1)c1ccco1. The van der Waals surface area contributed by atoms with Crippen LogP contribution < -0.4 is 5.32 Å². The first-order chi connectivity index (χ1) is 14.2. The number of carbonyl (C=O) groups is 2. The van der Waals surface area contributed by atoms with E-state index in [0.29, 0.717) is 10.8 Å². The summed E-state index contributed by atoms with van der Waals surface area (Å²) in [6, 6.07) is 13.6. The third kappa shape index (κ3) is 4.74. The molecule has 1 fully saturated rings. The second-order valence-electron chi connectivity index (χ2n) is 7.12. The Balaban J connectivity index is 1.43. The van der Waals surface area contributed by atoms with E-state index in [1.54, 1.807) is 12.1 Å². The third-order valence-corrected chi connectivity index (χ3v) is 5.91. The summed E-state index contributed by atoms with van der Waals surface area (Å²) in [5, 5.41) is 5.00. The Morgan fingerprint density at radius 2 is 2.00 bits per heavy atom. The van der Waals surface area contributed by atoms with E-state index in [2.05, 4.69) is 22.4 Å². The van der Waals surface area contributed by atoms with Crippen LogP contribution in [0.5, 0.6) is 0 Å². The van der Waals surface area contributed by atoms with Crippen molar-refractivity contribution in [2.24, 2.45) is 0 Å². The lowest BCUT2D eigenvalue weighted by Gasteiger charge is -2.30. The molecule has 6 nitrogen and oxygen atoms in total. The zero-order chi connectivity index (χ0) is 20.1. The summed E-state index contributed by atoms with van der Waals surface area (Å²) in [5.74, 6) is -0.0399. The van der Waals surface area contributed by atoms with Crippen molar-refractivity contribution in [3.05, 3.63) is 71.1 Å². The van der Waals surface area contributed by atoms with Crippen molar-refractivity contribution in [3.63, 3.8) is 0 Å². The van der Waals surface area contributed by atoms with Crippen molar-refractivity contribution in [2.45, 2.75) is 38.1 Å². The summed E-state index contributed by atoms with van der Waals surface area (Å²) >= 11 is 1.31. The lowest BCUT2D eigenvalue weighted by Crippen LogP contribution is -2.36. The molecule has 2 amide bonds. The van der Waals surface area contributed by atoms with E-state index in [1.807, 2.05) is 28.5 Å². The van der Waals surface area contributed by atoms with Gasteiger partial charge in [0.2, 0.25) is 5.91 Å². The zero-order valence-electron chi connectivity index (χ0n) is 16.0. The quantitative estimate of drug-likeness (QED) is 0.664. The molecule has 0 bridgehead atoms. The molecule has 2 aromatic heterocycles. The van der Waals surface area contributed by atoms with Crippen LogP contribution in [0, 0.1) is 0 Å². The van der Waals surface area contributed by atoms with Crippen molar-refractivity contribution in [1.29, 1.82) is 0 Å². The molecule has 1 atom stereocenters. The number of thiazole rings is 1. The van der Waals surface area contributed by atoms with Gasteiger partial charge in [0.1, 0.15) is 0 Å². The number of hydrogen-bond donors (Lipinski definition) is 1. The highest BCUT2D eigenvalue weighted by atomic mass is 32.1. The number of amides is 2. The summed E-state index contributed by atoms with van der Waals surface area (Å²) in [6.45, 7) is 0.768. The molecular formula is C22H23N3O3S. The van der Waals surface area contributed by atoms with E-state index < -0.39 is 0 Å². The van der Waals surface area contributed by atoms with Crippen molar-refractivity contribution in [1.82, 2.24) is 9.88 Å². The Bertz CT molecular complexity index is 953. The fourth-order valence-electron chi connectivity index (χ4n) is 3.70. The number of aromatic nitrogens is 1. The molecule has 3 heterocycles. The molecular weight excluding hydrogens is 386 g/mol.